The number of benzene rings is 1. The minimum Gasteiger partial charge on any atom is -0.448 e. The molecule has 0 saturated heterocycles. The van der Waals surface area contributed by atoms with Crippen LogP contribution in [-0.4, -0.2) is 30.0 Å². The Balaban J connectivity index is 1.91. The van der Waals surface area contributed by atoms with Gasteiger partial charge in [0.1, 0.15) is 4.61 Å². The Morgan fingerprint density at radius 2 is 2.08 bits per heavy atom. The summed E-state index contributed by atoms with van der Waals surface area (Å²) >= 11 is 3.48. The van der Waals surface area contributed by atoms with Crippen LogP contribution in [0.15, 0.2) is 39.9 Å². The van der Waals surface area contributed by atoms with Gasteiger partial charge in [0.25, 0.3) is 0 Å². The molecule has 0 aromatic heterocycles. The van der Waals surface area contributed by atoms with Crippen LogP contribution in [0.4, 0.5) is 4.79 Å². The van der Waals surface area contributed by atoms with E-state index in [1.165, 1.54) is 11.1 Å². The molecule has 1 heterocycles. The first-order valence-electron chi connectivity index (χ1n) is 8.70. The van der Waals surface area contributed by atoms with Crippen LogP contribution in [-0.2, 0) is 11.3 Å². The number of hydrogen-bond donors (Lipinski definition) is 1. The van der Waals surface area contributed by atoms with Crippen molar-refractivity contribution in [1.82, 2.24) is 10.4 Å². The van der Waals surface area contributed by atoms with Crippen molar-refractivity contribution >= 4 is 27.7 Å². The summed E-state index contributed by atoms with van der Waals surface area (Å²) in [6, 6.07) is 8.61. The summed E-state index contributed by atoms with van der Waals surface area (Å²) < 4.78 is 5.81. The molecule has 0 fully saturated rings. The number of halogens is 1. The average Bonchev–Trinajstić information content (AvgIpc) is 2.60. The number of amides is 1. The Labute approximate surface area is 158 Å². The van der Waals surface area contributed by atoms with Gasteiger partial charge >= 0.3 is 6.09 Å². The molecule has 136 valence electrons. The number of hydrogen-bond acceptors (Lipinski definition) is 4. The largest absolute Gasteiger partial charge is 0.448 e. The van der Waals surface area contributed by atoms with E-state index in [0.717, 1.165) is 23.2 Å². The predicted octanol–water partition coefficient (Wildman–Crippen LogP) is 4.74. The maximum absolute atomic E-state index is 11.6. The standard InChI is InChI=1S/C19H26BrN3O2/c1-4-11-25-19(24)22-23-10-9-17(12-18(23)20)21-13-15-5-7-16(8-6-15)14(2)3/h5-8,12,14H,4,9-11,13H2,1-3H3,(H,22,24). The number of hydrazine groups is 1. The Morgan fingerprint density at radius 1 is 1.36 bits per heavy atom. The fraction of sp³-hybridized carbons (Fsp3) is 0.474. The number of nitrogens with zero attached hydrogens (tertiary/aromatic N) is 2. The van der Waals surface area contributed by atoms with Gasteiger partial charge in [-0.15, -0.1) is 0 Å². The minimum atomic E-state index is -0.433. The zero-order valence-electron chi connectivity index (χ0n) is 15.1. The lowest BCUT2D eigenvalue weighted by Gasteiger charge is -2.27. The van der Waals surface area contributed by atoms with Crippen LogP contribution < -0.4 is 5.43 Å². The van der Waals surface area contributed by atoms with Crippen molar-refractivity contribution in [3.8, 4) is 0 Å². The van der Waals surface area contributed by atoms with E-state index < -0.39 is 6.09 Å². The summed E-state index contributed by atoms with van der Waals surface area (Å²) in [5.74, 6) is 0.542. The van der Waals surface area contributed by atoms with E-state index in [0.29, 0.717) is 25.6 Å². The van der Waals surface area contributed by atoms with E-state index in [2.05, 4.69) is 64.5 Å². The Morgan fingerprint density at radius 3 is 2.68 bits per heavy atom. The second-order valence-corrected chi connectivity index (χ2v) is 7.13. The predicted molar refractivity (Wildman–Crippen MR) is 105 cm³/mol. The molecule has 0 atom stereocenters. The van der Waals surface area contributed by atoms with Crippen molar-refractivity contribution in [2.24, 2.45) is 4.99 Å². The maximum Gasteiger partial charge on any atom is 0.426 e. The first kappa shape index (κ1) is 19.5. The number of rotatable bonds is 6. The van der Waals surface area contributed by atoms with Crippen molar-refractivity contribution < 1.29 is 9.53 Å². The van der Waals surface area contributed by atoms with Crippen LogP contribution in [0.1, 0.15) is 50.7 Å². The average molecular weight is 408 g/mol. The molecule has 0 saturated carbocycles. The zero-order valence-corrected chi connectivity index (χ0v) is 16.7. The van der Waals surface area contributed by atoms with Gasteiger partial charge in [0.15, 0.2) is 0 Å². The van der Waals surface area contributed by atoms with Crippen molar-refractivity contribution in [2.45, 2.75) is 46.1 Å². The smallest absolute Gasteiger partial charge is 0.426 e. The highest BCUT2D eigenvalue weighted by molar-refractivity contribution is 9.11. The third-order valence-electron chi connectivity index (χ3n) is 3.91. The van der Waals surface area contributed by atoms with Crippen LogP contribution in [0.3, 0.4) is 0 Å². The van der Waals surface area contributed by atoms with Gasteiger partial charge in [0.05, 0.1) is 13.2 Å². The van der Waals surface area contributed by atoms with Crippen LogP contribution >= 0.6 is 15.9 Å². The third-order valence-corrected chi connectivity index (χ3v) is 4.57. The summed E-state index contributed by atoms with van der Waals surface area (Å²) in [6.07, 6.45) is 3.08. The maximum atomic E-state index is 11.6. The molecule has 0 bridgehead atoms. The van der Waals surface area contributed by atoms with Gasteiger partial charge in [-0.3, -0.25) is 10.0 Å². The van der Waals surface area contributed by atoms with Crippen LogP contribution in [0.2, 0.25) is 0 Å². The highest BCUT2D eigenvalue weighted by atomic mass is 79.9. The van der Waals surface area contributed by atoms with Gasteiger partial charge in [-0.2, -0.15) is 0 Å². The summed E-state index contributed by atoms with van der Waals surface area (Å²) in [5.41, 5.74) is 6.27. The molecular formula is C19H26BrN3O2. The Bertz CT molecular complexity index is 639. The third kappa shape index (κ3) is 6.20. The molecule has 0 unspecified atom stereocenters. The summed E-state index contributed by atoms with van der Waals surface area (Å²) in [4.78, 5) is 16.3. The molecular weight excluding hydrogens is 382 g/mol. The second-order valence-electron chi connectivity index (χ2n) is 6.32. The lowest BCUT2D eigenvalue weighted by Crippen LogP contribution is -2.43. The number of carbonyl (C=O) groups is 1. The number of nitrogens with one attached hydrogen (secondary N) is 1. The van der Waals surface area contributed by atoms with Crippen molar-refractivity contribution in [3.63, 3.8) is 0 Å². The van der Waals surface area contributed by atoms with Gasteiger partial charge in [-0.05, 0) is 45.5 Å². The van der Waals surface area contributed by atoms with E-state index in [4.69, 9.17) is 4.74 Å². The molecule has 1 amide bonds. The van der Waals surface area contributed by atoms with E-state index in [1.54, 1.807) is 5.01 Å². The Hall–Kier alpha value is -1.82. The molecule has 1 aromatic rings. The van der Waals surface area contributed by atoms with E-state index in [1.807, 2.05) is 13.0 Å². The highest BCUT2D eigenvalue weighted by Crippen LogP contribution is 2.18. The zero-order chi connectivity index (χ0) is 18.2. The highest BCUT2D eigenvalue weighted by Gasteiger charge is 2.17. The normalized spacial score (nSPS) is 16.1. The van der Waals surface area contributed by atoms with E-state index in [9.17, 15) is 4.79 Å². The van der Waals surface area contributed by atoms with Gasteiger partial charge in [-0.25, -0.2) is 10.2 Å². The molecule has 2 rings (SSSR count). The quantitative estimate of drug-likeness (QED) is 0.692. The second kappa shape index (κ2) is 9.61. The number of carbonyl (C=O) groups excluding carboxylic acids is 1. The minimum absolute atomic E-state index is 0.420. The van der Waals surface area contributed by atoms with E-state index >= 15 is 0 Å². The molecule has 25 heavy (non-hydrogen) atoms. The lowest BCUT2D eigenvalue weighted by molar-refractivity contribution is 0.120. The molecule has 0 aliphatic carbocycles. The van der Waals surface area contributed by atoms with Gasteiger partial charge < -0.3 is 4.74 Å². The number of aliphatic imine (C=N–C) groups is 1. The monoisotopic (exact) mass is 407 g/mol. The van der Waals surface area contributed by atoms with Crippen LogP contribution in [0.25, 0.3) is 0 Å². The van der Waals surface area contributed by atoms with Crippen LogP contribution in [0.5, 0.6) is 0 Å². The fourth-order valence-electron chi connectivity index (χ4n) is 2.39. The summed E-state index contributed by atoms with van der Waals surface area (Å²) in [6.45, 7) is 8.08. The Kier molecular flexibility index (Phi) is 7.50. The van der Waals surface area contributed by atoms with Gasteiger partial charge in [0, 0.05) is 18.7 Å². The molecule has 1 N–H and O–H groups in total. The molecule has 1 aliphatic heterocycles. The lowest BCUT2D eigenvalue weighted by atomic mass is 10.0. The molecule has 1 aliphatic rings. The fourth-order valence-corrected chi connectivity index (χ4v) is 2.92. The van der Waals surface area contributed by atoms with Crippen LogP contribution in [0, 0.1) is 0 Å². The first-order chi connectivity index (χ1) is 12.0. The molecule has 0 radical (unpaired) electrons. The number of allylic oxidation sites excluding steroid dienone is 1. The first-order valence-corrected chi connectivity index (χ1v) is 9.49. The van der Waals surface area contributed by atoms with Gasteiger partial charge in [0.2, 0.25) is 0 Å². The summed E-state index contributed by atoms with van der Waals surface area (Å²) in [5, 5.41) is 1.73. The topological polar surface area (TPSA) is 53.9 Å². The summed E-state index contributed by atoms with van der Waals surface area (Å²) in [7, 11) is 0. The van der Waals surface area contributed by atoms with Crippen molar-refractivity contribution in [2.75, 3.05) is 13.2 Å². The molecule has 0 spiro atoms. The SMILES string of the molecule is CCCOC(=O)NN1CCC(=NCc2ccc(C(C)C)cc2)C=C1Br. The van der Waals surface area contributed by atoms with Crippen molar-refractivity contribution in [1.29, 1.82) is 0 Å². The molecule has 5 nitrogen and oxygen atoms in total. The van der Waals surface area contributed by atoms with E-state index in [-0.39, 0.29) is 0 Å². The van der Waals surface area contributed by atoms with Gasteiger partial charge in [-0.1, -0.05) is 45.0 Å². The molecule has 6 heteroatoms. The number of ether oxygens (including phenoxy) is 1. The van der Waals surface area contributed by atoms with Crippen molar-refractivity contribution in [3.05, 3.63) is 46.1 Å². The molecule has 1 aromatic carbocycles.